The van der Waals surface area contributed by atoms with Gasteiger partial charge in [0.1, 0.15) is 0 Å². The van der Waals surface area contributed by atoms with Gasteiger partial charge >= 0.3 is 0 Å². The van der Waals surface area contributed by atoms with E-state index in [9.17, 15) is 0 Å². The number of aromatic nitrogens is 1. The van der Waals surface area contributed by atoms with E-state index in [2.05, 4.69) is 48.9 Å². The summed E-state index contributed by atoms with van der Waals surface area (Å²) in [5.74, 6) is 0. The van der Waals surface area contributed by atoms with Gasteiger partial charge < -0.3 is 9.88 Å². The summed E-state index contributed by atoms with van der Waals surface area (Å²) in [6.45, 7) is 8.85. The number of hydrogen-bond donors (Lipinski definition) is 1. The zero-order chi connectivity index (χ0) is 12.7. The lowest BCUT2D eigenvalue weighted by Crippen LogP contribution is -2.22. The molecule has 0 aliphatic carbocycles. The van der Waals surface area contributed by atoms with Gasteiger partial charge in [-0.2, -0.15) is 0 Å². The van der Waals surface area contributed by atoms with Crippen LogP contribution in [0.15, 0.2) is 18.2 Å². The minimum Gasteiger partial charge on any atom is -0.344 e. The van der Waals surface area contributed by atoms with E-state index in [0.717, 1.165) is 6.54 Å². The molecule has 1 aromatic heterocycles. The third-order valence-corrected chi connectivity index (χ3v) is 4.07. The van der Waals surface area contributed by atoms with Crippen LogP contribution in [0.2, 0.25) is 0 Å². The minimum atomic E-state index is 0.538. The van der Waals surface area contributed by atoms with Crippen molar-refractivity contribution in [3.63, 3.8) is 0 Å². The first-order valence-electron chi connectivity index (χ1n) is 7.01. The van der Waals surface area contributed by atoms with Gasteiger partial charge in [0, 0.05) is 30.2 Å². The number of aryl methyl sites for hydroxylation is 2. The number of hydrogen-bond acceptors (Lipinski definition) is 1. The number of benzene rings is 1. The van der Waals surface area contributed by atoms with Gasteiger partial charge in [-0.25, -0.2) is 0 Å². The summed E-state index contributed by atoms with van der Waals surface area (Å²) in [6, 6.07) is 7.32. The fourth-order valence-electron chi connectivity index (χ4n) is 3.12. The van der Waals surface area contributed by atoms with Crippen LogP contribution in [0, 0.1) is 6.92 Å². The van der Waals surface area contributed by atoms with Gasteiger partial charge in [-0.15, -0.1) is 0 Å². The highest BCUT2D eigenvalue weighted by molar-refractivity contribution is 5.88. The van der Waals surface area contributed by atoms with Crippen LogP contribution < -0.4 is 5.32 Å². The Labute approximate surface area is 109 Å². The van der Waals surface area contributed by atoms with E-state index < -0.39 is 0 Å². The molecule has 1 aromatic carbocycles. The standard InChI is InChI=1S/C16H22N2/c1-11(2)17-10-15-12(3)18-9-5-7-13-6-4-8-14(15)16(13)18/h4,6,8,11,17H,5,7,9-10H2,1-3H3. The Hall–Kier alpha value is -1.28. The van der Waals surface area contributed by atoms with E-state index in [0.29, 0.717) is 6.04 Å². The molecule has 1 aliphatic heterocycles. The Bertz CT molecular complexity index is 578. The second-order valence-corrected chi connectivity index (χ2v) is 5.67. The Morgan fingerprint density at radius 2 is 2.17 bits per heavy atom. The Balaban J connectivity index is 2.15. The van der Waals surface area contributed by atoms with Gasteiger partial charge in [0.2, 0.25) is 0 Å². The molecule has 2 nitrogen and oxygen atoms in total. The average Bonchev–Trinajstić information content (AvgIpc) is 2.63. The molecule has 2 aromatic rings. The van der Waals surface area contributed by atoms with Crippen molar-refractivity contribution in [1.82, 2.24) is 9.88 Å². The molecule has 0 unspecified atom stereocenters. The molecule has 1 aliphatic rings. The fourth-order valence-corrected chi connectivity index (χ4v) is 3.12. The van der Waals surface area contributed by atoms with Crippen molar-refractivity contribution in [3.8, 4) is 0 Å². The van der Waals surface area contributed by atoms with Crippen LogP contribution in [-0.2, 0) is 19.5 Å². The normalized spacial score (nSPS) is 14.7. The Kier molecular flexibility index (Phi) is 2.90. The maximum Gasteiger partial charge on any atom is 0.0518 e. The van der Waals surface area contributed by atoms with E-state index in [4.69, 9.17) is 0 Å². The first-order chi connectivity index (χ1) is 8.68. The molecule has 2 heteroatoms. The lowest BCUT2D eigenvalue weighted by Gasteiger charge is -2.16. The van der Waals surface area contributed by atoms with Crippen LogP contribution in [0.5, 0.6) is 0 Å². The zero-order valence-electron chi connectivity index (χ0n) is 11.6. The highest BCUT2D eigenvalue weighted by Gasteiger charge is 2.19. The van der Waals surface area contributed by atoms with E-state index >= 15 is 0 Å². The first-order valence-corrected chi connectivity index (χ1v) is 7.01. The molecule has 96 valence electrons. The number of rotatable bonds is 3. The molecule has 0 atom stereocenters. The highest BCUT2D eigenvalue weighted by Crippen LogP contribution is 2.32. The van der Waals surface area contributed by atoms with Crippen LogP contribution in [-0.4, -0.2) is 10.6 Å². The molecule has 0 spiro atoms. The molecule has 1 N–H and O–H groups in total. The summed E-state index contributed by atoms with van der Waals surface area (Å²) in [5, 5.41) is 5.02. The maximum absolute atomic E-state index is 3.56. The second-order valence-electron chi connectivity index (χ2n) is 5.67. The molecule has 18 heavy (non-hydrogen) atoms. The SMILES string of the molecule is Cc1c(CNC(C)C)c2cccc3c2n1CCC3. The second kappa shape index (κ2) is 4.43. The molecule has 0 amide bonds. The first kappa shape index (κ1) is 11.8. The van der Waals surface area contributed by atoms with Crippen molar-refractivity contribution in [2.75, 3.05) is 0 Å². The molecule has 0 fully saturated rings. The summed E-state index contributed by atoms with van der Waals surface area (Å²) in [6.07, 6.45) is 2.51. The van der Waals surface area contributed by atoms with Crippen molar-refractivity contribution >= 4 is 10.9 Å². The van der Waals surface area contributed by atoms with Crippen molar-refractivity contribution < 1.29 is 0 Å². The van der Waals surface area contributed by atoms with Gasteiger partial charge in [0.15, 0.2) is 0 Å². The van der Waals surface area contributed by atoms with Crippen LogP contribution in [0.3, 0.4) is 0 Å². The lowest BCUT2D eigenvalue weighted by molar-refractivity contribution is 0.581. The van der Waals surface area contributed by atoms with Gasteiger partial charge in [0.25, 0.3) is 0 Å². The van der Waals surface area contributed by atoms with Gasteiger partial charge in [-0.1, -0.05) is 32.0 Å². The molecule has 0 saturated heterocycles. The molecule has 0 saturated carbocycles. The van der Waals surface area contributed by atoms with Crippen LogP contribution in [0.1, 0.15) is 37.1 Å². The summed E-state index contributed by atoms with van der Waals surface area (Å²) in [4.78, 5) is 0. The van der Waals surface area contributed by atoms with E-state index in [1.807, 2.05) is 0 Å². The number of para-hydroxylation sites is 1. The van der Waals surface area contributed by atoms with Gasteiger partial charge in [-0.05, 0) is 30.9 Å². The predicted molar refractivity (Wildman–Crippen MR) is 77.0 cm³/mol. The van der Waals surface area contributed by atoms with Gasteiger partial charge in [-0.3, -0.25) is 0 Å². The smallest absolute Gasteiger partial charge is 0.0518 e. The Morgan fingerprint density at radius 1 is 1.33 bits per heavy atom. The summed E-state index contributed by atoms with van der Waals surface area (Å²) in [5.41, 5.74) is 5.95. The van der Waals surface area contributed by atoms with Gasteiger partial charge in [0.05, 0.1) is 5.52 Å². The van der Waals surface area contributed by atoms with Crippen LogP contribution in [0.4, 0.5) is 0 Å². The summed E-state index contributed by atoms with van der Waals surface area (Å²) < 4.78 is 2.52. The highest BCUT2D eigenvalue weighted by atomic mass is 15.0. The quantitative estimate of drug-likeness (QED) is 0.873. The molecular formula is C16H22N2. The third-order valence-electron chi connectivity index (χ3n) is 4.07. The number of nitrogens with one attached hydrogen (secondary N) is 1. The molecular weight excluding hydrogens is 220 g/mol. The van der Waals surface area contributed by atoms with E-state index in [-0.39, 0.29) is 0 Å². The van der Waals surface area contributed by atoms with E-state index in [1.54, 1.807) is 0 Å². The molecule has 2 heterocycles. The van der Waals surface area contributed by atoms with Crippen LogP contribution >= 0.6 is 0 Å². The van der Waals surface area contributed by atoms with Crippen molar-refractivity contribution in [2.24, 2.45) is 0 Å². The average molecular weight is 242 g/mol. The summed E-state index contributed by atoms with van der Waals surface area (Å²) >= 11 is 0. The molecule has 3 rings (SSSR count). The predicted octanol–water partition coefficient (Wildman–Crippen LogP) is 3.39. The maximum atomic E-state index is 3.56. The zero-order valence-corrected chi connectivity index (χ0v) is 11.6. The largest absolute Gasteiger partial charge is 0.344 e. The van der Waals surface area contributed by atoms with Crippen molar-refractivity contribution in [1.29, 1.82) is 0 Å². The molecule has 0 bridgehead atoms. The third kappa shape index (κ3) is 1.76. The topological polar surface area (TPSA) is 17.0 Å². The summed E-state index contributed by atoms with van der Waals surface area (Å²) in [7, 11) is 0. The number of nitrogens with zero attached hydrogens (tertiary/aromatic N) is 1. The lowest BCUT2D eigenvalue weighted by atomic mass is 10.0. The van der Waals surface area contributed by atoms with E-state index in [1.165, 1.54) is 47.1 Å². The minimum absolute atomic E-state index is 0.538. The van der Waals surface area contributed by atoms with Crippen molar-refractivity contribution in [2.45, 2.75) is 52.7 Å². The van der Waals surface area contributed by atoms with Crippen LogP contribution in [0.25, 0.3) is 10.9 Å². The molecule has 0 radical (unpaired) electrons. The monoisotopic (exact) mass is 242 g/mol. The van der Waals surface area contributed by atoms with Crippen molar-refractivity contribution in [3.05, 3.63) is 35.0 Å². The Morgan fingerprint density at radius 3 is 2.94 bits per heavy atom. The fraction of sp³-hybridized carbons (Fsp3) is 0.500.